The van der Waals surface area contributed by atoms with E-state index >= 15 is 0 Å². The van der Waals surface area contributed by atoms with Gasteiger partial charge in [0, 0.05) is 0 Å². The second kappa shape index (κ2) is 3.83. The second-order valence-corrected chi connectivity index (χ2v) is 2.60. The minimum absolute atomic E-state index is 3.11. The third-order valence-electron chi connectivity index (χ3n) is 0.447. The Morgan fingerprint density at radius 3 is 0.889 bits per heavy atom. The first-order valence-corrected chi connectivity index (χ1v) is 3.18. The van der Waals surface area contributed by atoms with Crippen LogP contribution in [0.2, 0.25) is 0 Å². The van der Waals surface area contributed by atoms with Gasteiger partial charge < -0.3 is 0 Å². The maximum atomic E-state index is 7.68. The highest BCUT2D eigenvalue weighted by molar-refractivity contribution is 6.52. The van der Waals surface area contributed by atoms with E-state index in [0.29, 0.717) is 0 Å². The number of hydrogen-bond donors (Lipinski definition) is 4. The Kier molecular flexibility index (Phi) is 3.79. The molecule has 9 heteroatoms. The Labute approximate surface area is 49.6 Å². The van der Waals surface area contributed by atoms with Crippen LogP contribution in [0.4, 0.5) is 0 Å². The summed E-state index contributed by atoms with van der Waals surface area (Å²) >= 11 is 0. The van der Waals surface area contributed by atoms with Gasteiger partial charge in [-0.2, -0.15) is 18.3 Å². The molecule has 0 heterocycles. The minimum Gasteiger partial charge on any atom is -0.256 e. The summed E-state index contributed by atoms with van der Waals surface area (Å²) in [6.07, 6.45) is 0. The highest BCUT2D eigenvalue weighted by atomic mass is 28.4. The van der Waals surface area contributed by atoms with Gasteiger partial charge in [-0.1, -0.05) is 0 Å². The molecular weight excluding hydrogens is 156 g/mol. The average molecular weight is 160 g/mol. The average Bonchev–Trinajstić information content (AvgIpc) is 1.95. The Morgan fingerprint density at radius 2 is 0.889 bits per heavy atom. The van der Waals surface area contributed by atoms with Crippen molar-refractivity contribution in [2.24, 2.45) is 0 Å². The van der Waals surface area contributed by atoms with Crippen molar-refractivity contribution in [3.8, 4) is 0 Å². The van der Waals surface area contributed by atoms with E-state index in [1.54, 1.807) is 0 Å². The van der Waals surface area contributed by atoms with Gasteiger partial charge in [0.2, 0.25) is 0 Å². The predicted octanol–water partition coefficient (Wildman–Crippen LogP) is -0.620. The predicted molar refractivity (Wildman–Crippen MR) is 20.6 cm³/mol. The first-order chi connectivity index (χ1) is 4.24. The van der Waals surface area contributed by atoms with E-state index in [-0.39, 0.29) is 0 Å². The lowest BCUT2D eigenvalue weighted by Crippen LogP contribution is -2.46. The van der Waals surface area contributed by atoms with Crippen LogP contribution >= 0.6 is 0 Å². The van der Waals surface area contributed by atoms with Gasteiger partial charge in [0.1, 0.15) is 0 Å². The van der Waals surface area contributed by atoms with Crippen LogP contribution < -0.4 is 0 Å². The van der Waals surface area contributed by atoms with Gasteiger partial charge >= 0.3 is 9.05 Å². The fourth-order valence-electron chi connectivity index (χ4n) is 0.100. The highest BCUT2D eigenvalue weighted by Gasteiger charge is 2.51. The van der Waals surface area contributed by atoms with Crippen LogP contribution in [-0.4, -0.2) is 30.1 Å². The van der Waals surface area contributed by atoms with Gasteiger partial charge in [-0.25, -0.2) is 0 Å². The fraction of sp³-hybridized carbons (Fsp3) is 0. The zero-order valence-electron chi connectivity index (χ0n) is 3.92. The maximum absolute atomic E-state index is 7.68. The molecule has 4 N–H and O–H groups in total. The molecule has 0 atom stereocenters. The van der Waals surface area contributed by atoms with Crippen LogP contribution in [0.25, 0.3) is 0 Å². The SMILES string of the molecule is OO[Si](OO)(OO)OO. The zero-order chi connectivity index (χ0) is 7.33. The van der Waals surface area contributed by atoms with Crippen LogP contribution in [0.1, 0.15) is 0 Å². The van der Waals surface area contributed by atoms with Crippen LogP contribution in [0.15, 0.2) is 0 Å². The van der Waals surface area contributed by atoms with Crippen molar-refractivity contribution in [2.45, 2.75) is 0 Å². The molecular formula is H4O8Si. The summed E-state index contributed by atoms with van der Waals surface area (Å²) < 4.78 is 12.4. The van der Waals surface area contributed by atoms with Crippen LogP contribution in [-0.2, 0) is 18.3 Å². The first kappa shape index (κ1) is 8.90. The Morgan fingerprint density at radius 1 is 0.667 bits per heavy atom. The maximum Gasteiger partial charge on any atom is 0.791 e. The van der Waals surface area contributed by atoms with Gasteiger partial charge in [0.05, 0.1) is 0 Å². The molecule has 0 aromatic rings. The zero-order valence-corrected chi connectivity index (χ0v) is 4.92. The molecule has 0 aliphatic rings. The summed E-state index contributed by atoms with van der Waals surface area (Å²) in [4.78, 5) is 0. The monoisotopic (exact) mass is 160 g/mol. The van der Waals surface area contributed by atoms with Crippen LogP contribution in [0, 0.1) is 0 Å². The molecule has 0 spiro atoms. The molecule has 0 bridgehead atoms. The van der Waals surface area contributed by atoms with E-state index in [1.807, 2.05) is 0 Å². The molecule has 0 aliphatic carbocycles. The lowest BCUT2D eigenvalue weighted by Gasteiger charge is -2.11. The largest absolute Gasteiger partial charge is 0.791 e. The van der Waals surface area contributed by atoms with Gasteiger partial charge in [-0.05, 0) is 0 Å². The molecule has 0 aliphatic heterocycles. The van der Waals surface area contributed by atoms with E-state index in [4.69, 9.17) is 21.0 Å². The van der Waals surface area contributed by atoms with Crippen molar-refractivity contribution in [1.29, 1.82) is 0 Å². The van der Waals surface area contributed by atoms with Crippen LogP contribution in [0.5, 0.6) is 0 Å². The fourth-order valence-corrected chi connectivity index (χ4v) is 0.300. The van der Waals surface area contributed by atoms with E-state index in [2.05, 4.69) is 18.3 Å². The molecule has 0 aromatic heterocycles. The summed E-state index contributed by atoms with van der Waals surface area (Å²) in [5, 5.41) is 30.7. The van der Waals surface area contributed by atoms with Gasteiger partial charge in [0.25, 0.3) is 0 Å². The van der Waals surface area contributed by atoms with Crippen molar-refractivity contribution in [2.75, 3.05) is 0 Å². The van der Waals surface area contributed by atoms with Crippen molar-refractivity contribution in [3.63, 3.8) is 0 Å². The van der Waals surface area contributed by atoms with E-state index in [0.717, 1.165) is 0 Å². The number of hydrogen-bond acceptors (Lipinski definition) is 8. The van der Waals surface area contributed by atoms with Gasteiger partial charge in [0.15, 0.2) is 0 Å². The topological polar surface area (TPSA) is 118 Å². The van der Waals surface area contributed by atoms with Crippen molar-refractivity contribution in [1.82, 2.24) is 0 Å². The molecule has 9 heavy (non-hydrogen) atoms. The summed E-state index contributed by atoms with van der Waals surface area (Å²) in [7, 11) is -4.47. The van der Waals surface area contributed by atoms with E-state index in [1.165, 1.54) is 0 Å². The molecule has 0 fully saturated rings. The Balaban J connectivity index is 3.82. The molecule has 56 valence electrons. The van der Waals surface area contributed by atoms with E-state index in [9.17, 15) is 0 Å². The summed E-state index contributed by atoms with van der Waals surface area (Å²) in [5.41, 5.74) is 0. The highest BCUT2D eigenvalue weighted by Crippen LogP contribution is 2.03. The van der Waals surface area contributed by atoms with Crippen molar-refractivity contribution in [3.05, 3.63) is 0 Å². The Hall–Kier alpha value is -0.103. The molecule has 0 radical (unpaired) electrons. The molecule has 0 amide bonds. The van der Waals surface area contributed by atoms with Crippen molar-refractivity contribution >= 4 is 9.05 Å². The molecule has 0 rings (SSSR count). The van der Waals surface area contributed by atoms with Gasteiger partial charge in [-0.3, -0.25) is 21.0 Å². The molecule has 8 nitrogen and oxygen atoms in total. The number of rotatable bonds is 4. The molecule has 0 saturated carbocycles. The molecule has 0 saturated heterocycles. The standard InChI is InChI=1S/H4O8Si/c1-5-9(6-2,7-3)8-4/h1-4H. The van der Waals surface area contributed by atoms with E-state index < -0.39 is 9.05 Å². The summed E-state index contributed by atoms with van der Waals surface area (Å²) in [6, 6.07) is 0. The summed E-state index contributed by atoms with van der Waals surface area (Å²) in [6.45, 7) is 0. The molecule has 0 aromatic carbocycles. The lowest BCUT2D eigenvalue weighted by atomic mass is 14.8. The smallest absolute Gasteiger partial charge is 0.256 e. The first-order valence-electron chi connectivity index (χ1n) is 1.55. The quantitative estimate of drug-likeness (QED) is 0.244. The third kappa shape index (κ3) is 1.94. The normalized spacial score (nSPS) is 12.0. The third-order valence-corrected chi connectivity index (χ3v) is 1.34. The minimum atomic E-state index is -4.47. The van der Waals surface area contributed by atoms with Crippen molar-refractivity contribution < 1.29 is 39.3 Å². The molecule has 0 unspecified atom stereocenters. The Bertz CT molecular complexity index is 47.5. The summed E-state index contributed by atoms with van der Waals surface area (Å²) in [5.74, 6) is 0. The van der Waals surface area contributed by atoms with Crippen LogP contribution in [0.3, 0.4) is 0 Å². The van der Waals surface area contributed by atoms with Gasteiger partial charge in [-0.15, -0.1) is 0 Å². The second-order valence-electron chi connectivity index (χ2n) is 0.865. The lowest BCUT2D eigenvalue weighted by molar-refractivity contribution is -0.389.